The van der Waals surface area contributed by atoms with Gasteiger partial charge < -0.3 is 10.2 Å². The minimum Gasteiger partial charge on any atom is -0.342 e. The first-order valence-electron chi connectivity index (χ1n) is 8.17. The summed E-state index contributed by atoms with van der Waals surface area (Å²) < 4.78 is 1.82. The van der Waals surface area contributed by atoms with Crippen molar-refractivity contribution in [3.63, 3.8) is 0 Å². The van der Waals surface area contributed by atoms with Crippen LogP contribution in [0, 0.1) is 11.8 Å². The molecule has 1 amide bonds. The molecule has 22 heavy (non-hydrogen) atoms. The Morgan fingerprint density at radius 1 is 1.45 bits per heavy atom. The summed E-state index contributed by atoms with van der Waals surface area (Å²) in [5.41, 5.74) is 1.19. The third-order valence-corrected chi connectivity index (χ3v) is 5.09. The fraction of sp³-hybridized carbons (Fsp3) is 0.750. The monoisotopic (exact) mass is 326 g/mol. The van der Waals surface area contributed by atoms with E-state index < -0.39 is 0 Å². The molecule has 0 radical (unpaired) electrons. The van der Waals surface area contributed by atoms with Crippen molar-refractivity contribution in [3.8, 4) is 0 Å². The van der Waals surface area contributed by atoms with E-state index in [-0.39, 0.29) is 24.2 Å². The lowest BCUT2D eigenvalue weighted by Gasteiger charge is -2.34. The standard InChI is InChI=1S/C16H26N4O.ClH/c1-3-12-5-4-6-20(10-12)16(21)15-9-17-8-14(15)13-7-18-19(2)11-13;/h7,11-12,14-15,17H,3-6,8-10H2,1-2H3;1H/t12?,14-,15+;/m1./s1. The second-order valence-electron chi connectivity index (χ2n) is 6.52. The number of likely N-dealkylation sites (tertiary alicyclic amines) is 1. The highest BCUT2D eigenvalue weighted by atomic mass is 35.5. The van der Waals surface area contributed by atoms with E-state index in [2.05, 4.69) is 22.2 Å². The lowest BCUT2D eigenvalue weighted by atomic mass is 9.88. The van der Waals surface area contributed by atoms with Crippen molar-refractivity contribution in [1.82, 2.24) is 20.0 Å². The number of rotatable bonds is 3. The maximum atomic E-state index is 12.9. The highest BCUT2D eigenvalue weighted by Crippen LogP contribution is 2.31. The topological polar surface area (TPSA) is 50.2 Å². The molecule has 5 nitrogen and oxygen atoms in total. The molecule has 0 aliphatic carbocycles. The molecule has 3 rings (SSSR count). The molecule has 1 aromatic heterocycles. The molecule has 0 bridgehead atoms. The molecule has 2 aliphatic rings. The molecule has 1 aromatic rings. The van der Waals surface area contributed by atoms with E-state index in [1.54, 1.807) is 0 Å². The number of hydrogen-bond acceptors (Lipinski definition) is 3. The van der Waals surface area contributed by atoms with Gasteiger partial charge in [0.25, 0.3) is 0 Å². The SMILES string of the molecule is CCC1CCCN(C(=O)[C@H]2CNC[C@@H]2c2cnn(C)c2)C1.Cl. The van der Waals surface area contributed by atoms with E-state index in [0.29, 0.717) is 11.8 Å². The Labute approximate surface area is 138 Å². The summed E-state index contributed by atoms with van der Waals surface area (Å²) >= 11 is 0. The zero-order chi connectivity index (χ0) is 14.8. The first-order chi connectivity index (χ1) is 10.2. The molecule has 2 saturated heterocycles. The Bertz CT molecular complexity index is 504. The van der Waals surface area contributed by atoms with Gasteiger partial charge in [-0.1, -0.05) is 13.3 Å². The van der Waals surface area contributed by atoms with Crippen LogP contribution in [0.25, 0.3) is 0 Å². The van der Waals surface area contributed by atoms with Crippen LogP contribution in [0.2, 0.25) is 0 Å². The largest absolute Gasteiger partial charge is 0.342 e. The fourth-order valence-electron chi connectivity index (χ4n) is 3.75. The molecule has 2 fully saturated rings. The summed E-state index contributed by atoms with van der Waals surface area (Å²) in [5, 5.41) is 7.65. The van der Waals surface area contributed by atoms with Crippen LogP contribution in [-0.2, 0) is 11.8 Å². The summed E-state index contributed by atoms with van der Waals surface area (Å²) in [6, 6.07) is 0. The van der Waals surface area contributed by atoms with Crippen LogP contribution in [0.1, 0.15) is 37.7 Å². The molecule has 0 spiro atoms. The van der Waals surface area contributed by atoms with Crippen molar-refractivity contribution >= 4 is 18.3 Å². The second-order valence-corrected chi connectivity index (χ2v) is 6.52. The highest BCUT2D eigenvalue weighted by molar-refractivity contribution is 5.85. The Morgan fingerprint density at radius 3 is 2.95 bits per heavy atom. The Kier molecular flexibility index (Phi) is 5.87. The van der Waals surface area contributed by atoms with Crippen LogP contribution in [0.15, 0.2) is 12.4 Å². The van der Waals surface area contributed by atoms with Crippen molar-refractivity contribution < 1.29 is 4.79 Å². The summed E-state index contributed by atoms with van der Waals surface area (Å²) in [6.07, 6.45) is 7.56. The quantitative estimate of drug-likeness (QED) is 0.921. The van der Waals surface area contributed by atoms with Gasteiger partial charge in [0.1, 0.15) is 0 Å². The van der Waals surface area contributed by atoms with E-state index in [1.807, 2.05) is 24.1 Å². The second kappa shape index (κ2) is 7.47. The van der Waals surface area contributed by atoms with Gasteiger partial charge in [-0.3, -0.25) is 9.48 Å². The molecule has 0 aromatic carbocycles. The summed E-state index contributed by atoms with van der Waals surface area (Å²) in [6.45, 7) is 5.80. The molecule has 6 heteroatoms. The number of aromatic nitrogens is 2. The maximum Gasteiger partial charge on any atom is 0.227 e. The minimum absolute atomic E-state index is 0. The predicted molar refractivity (Wildman–Crippen MR) is 89.2 cm³/mol. The summed E-state index contributed by atoms with van der Waals surface area (Å²) in [4.78, 5) is 15.0. The Balaban J connectivity index is 0.00000176. The zero-order valence-electron chi connectivity index (χ0n) is 13.5. The molecule has 1 N–H and O–H groups in total. The average molecular weight is 327 g/mol. The molecule has 1 unspecified atom stereocenters. The van der Waals surface area contributed by atoms with E-state index in [0.717, 1.165) is 32.6 Å². The van der Waals surface area contributed by atoms with E-state index in [4.69, 9.17) is 0 Å². The number of piperidine rings is 1. The molecule has 3 atom stereocenters. The zero-order valence-corrected chi connectivity index (χ0v) is 14.3. The number of nitrogens with one attached hydrogen (secondary N) is 1. The van der Waals surface area contributed by atoms with Gasteiger partial charge in [-0.25, -0.2) is 0 Å². The highest BCUT2D eigenvalue weighted by Gasteiger charge is 2.38. The maximum absolute atomic E-state index is 12.9. The molecule has 0 saturated carbocycles. The van der Waals surface area contributed by atoms with Gasteiger partial charge in [-0.2, -0.15) is 5.10 Å². The van der Waals surface area contributed by atoms with Crippen LogP contribution < -0.4 is 5.32 Å². The van der Waals surface area contributed by atoms with Gasteiger partial charge >= 0.3 is 0 Å². The van der Waals surface area contributed by atoms with Crippen molar-refractivity contribution in [2.75, 3.05) is 26.2 Å². The Hall–Kier alpha value is -1.07. The van der Waals surface area contributed by atoms with E-state index >= 15 is 0 Å². The molecule has 3 heterocycles. The van der Waals surface area contributed by atoms with Crippen LogP contribution in [0.5, 0.6) is 0 Å². The van der Waals surface area contributed by atoms with Crippen LogP contribution in [0.3, 0.4) is 0 Å². The number of nitrogens with zero attached hydrogens (tertiary/aromatic N) is 3. The molecule has 2 aliphatic heterocycles. The molecular formula is C16H27ClN4O. The van der Waals surface area contributed by atoms with Gasteiger partial charge in [0.05, 0.1) is 12.1 Å². The fourth-order valence-corrected chi connectivity index (χ4v) is 3.75. The third kappa shape index (κ3) is 3.46. The Morgan fingerprint density at radius 2 is 2.27 bits per heavy atom. The van der Waals surface area contributed by atoms with Gasteiger partial charge in [0.2, 0.25) is 5.91 Å². The molecular weight excluding hydrogens is 300 g/mol. The van der Waals surface area contributed by atoms with Crippen molar-refractivity contribution in [1.29, 1.82) is 0 Å². The number of amides is 1. The van der Waals surface area contributed by atoms with Gasteiger partial charge in [-0.05, 0) is 24.3 Å². The van der Waals surface area contributed by atoms with Crippen molar-refractivity contribution in [3.05, 3.63) is 18.0 Å². The van der Waals surface area contributed by atoms with Crippen molar-refractivity contribution in [2.45, 2.75) is 32.1 Å². The summed E-state index contributed by atoms with van der Waals surface area (Å²) in [5.74, 6) is 1.37. The van der Waals surface area contributed by atoms with Gasteiger partial charge in [-0.15, -0.1) is 12.4 Å². The van der Waals surface area contributed by atoms with E-state index in [9.17, 15) is 4.79 Å². The first-order valence-corrected chi connectivity index (χ1v) is 8.17. The van der Waals surface area contributed by atoms with Crippen LogP contribution >= 0.6 is 12.4 Å². The number of carbonyl (C=O) groups is 1. The number of hydrogen-bond donors (Lipinski definition) is 1. The van der Waals surface area contributed by atoms with Crippen molar-refractivity contribution in [2.24, 2.45) is 18.9 Å². The number of carbonyl (C=O) groups excluding carboxylic acids is 1. The smallest absolute Gasteiger partial charge is 0.227 e. The van der Waals surface area contributed by atoms with Gasteiger partial charge in [0, 0.05) is 45.3 Å². The average Bonchev–Trinajstić information content (AvgIpc) is 3.15. The molecule has 124 valence electrons. The lowest BCUT2D eigenvalue weighted by molar-refractivity contribution is -0.137. The summed E-state index contributed by atoms with van der Waals surface area (Å²) in [7, 11) is 1.93. The van der Waals surface area contributed by atoms with Gasteiger partial charge in [0.15, 0.2) is 0 Å². The van der Waals surface area contributed by atoms with E-state index in [1.165, 1.54) is 18.4 Å². The van der Waals surface area contributed by atoms with Crippen LogP contribution in [0.4, 0.5) is 0 Å². The third-order valence-electron chi connectivity index (χ3n) is 5.09. The number of halogens is 1. The number of aryl methyl sites for hydroxylation is 1. The lowest BCUT2D eigenvalue weighted by Crippen LogP contribution is -2.44. The first kappa shape index (κ1) is 17.3. The van der Waals surface area contributed by atoms with Crippen LogP contribution in [-0.4, -0.2) is 46.8 Å². The predicted octanol–water partition coefficient (Wildman–Crippen LogP) is 1.79. The minimum atomic E-state index is 0. The normalized spacial score (nSPS) is 28.5.